The van der Waals surface area contributed by atoms with E-state index in [9.17, 15) is 0 Å². The number of rotatable bonds is 14. The lowest BCUT2D eigenvalue weighted by Crippen LogP contribution is -2.61. The van der Waals surface area contributed by atoms with Crippen LogP contribution in [0.15, 0.2) is 11.8 Å². The molecule has 0 saturated carbocycles. The number of hydrogen-bond acceptors (Lipinski definition) is 2. The van der Waals surface area contributed by atoms with Gasteiger partial charge in [0.15, 0.2) is 0 Å². The van der Waals surface area contributed by atoms with E-state index in [2.05, 4.69) is 56.2 Å². The Morgan fingerprint density at radius 2 is 1.18 bits per heavy atom. The molecule has 0 aliphatic carbocycles. The molecule has 0 amide bonds. The highest BCUT2D eigenvalue weighted by molar-refractivity contribution is 6.16. The van der Waals surface area contributed by atoms with Crippen LogP contribution in [0, 0.1) is 0 Å². The van der Waals surface area contributed by atoms with Gasteiger partial charge in [-0.3, -0.25) is 9.80 Å². The van der Waals surface area contributed by atoms with Crippen LogP contribution in [0.25, 0.3) is 0 Å². The van der Waals surface area contributed by atoms with E-state index in [1.165, 1.54) is 81.4 Å². The zero-order valence-corrected chi connectivity index (χ0v) is 18.3. The second-order valence-electron chi connectivity index (χ2n) is 6.42. The van der Waals surface area contributed by atoms with E-state index >= 15 is 0 Å². The fourth-order valence-electron chi connectivity index (χ4n) is 3.76. The quantitative estimate of drug-likeness (QED) is 0.352. The number of nitrogens with zero attached hydrogens (tertiary/aromatic N) is 2. The third kappa shape index (κ3) is 6.55. The molecular weight excluding hydrogens is 284 g/mol. The molecule has 0 aliphatic heterocycles. The van der Waals surface area contributed by atoms with Crippen molar-refractivity contribution >= 4 is 10.2 Å². The summed E-state index contributed by atoms with van der Waals surface area (Å²) >= 11 is 0. The monoisotopic (exact) mass is 326 g/mol. The average molecular weight is 327 g/mol. The van der Waals surface area contributed by atoms with E-state index in [0.717, 1.165) is 0 Å². The molecule has 0 radical (unpaired) electrons. The van der Waals surface area contributed by atoms with Crippen molar-refractivity contribution in [2.24, 2.45) is 0 Å². The molecule has 0 unspecified atom stereocenters. The van der Waals surface area contributed by atoms with Crippen LogP contribution in [0.5, 0.6) is 0 Å². The minimum absolute atomic E-state index is 0.263. The normalized spacial score (nSPS) is 13.0. The van der Waals surface area contributed by atoms with Crippen LogP contribution in [-0.4, -0.2) is 51.9 Å². The maximum Gasteiger partial charge on any atom is 0.0738 e. The molecule has 0 rings (SSSR count). The van der Waals surface area contributed by atoms with Gasteiger partial charge in [0.2, 0.25) is 0 Å². The molecular formula is C19H42N2Si. The molecule has 0 aromatic carbocycles. The van der Waals surface area contributed by atoms with Crippen molar-refractivity contribution in [1.82, 2.24) is 9.80 Å². The molecule has 3 heteroatoms. The van der Waals surface area contributed by atoms with Gasteiger partial charge < -0.3 is 0 Å². The van der Waals surface area contributed by atoms with Crippen molar-refractivity contribution in [3.05, 3.63) is 11.8 Å². The lowest BCUT2D eigenvalue weighted by Gasteiger charge is -2.51. The van der Waals surface area contributed by atoms with Crippen molar-refractivity contribution in [3.63, 3.8) is 0 Å². The van der Waals surface area contributed by atoms with E-state index in [4.69, 9.17) is 0 Å². The Morgan fingerprint density at radius 1 is 0.773 bits per heavy atom. The first-order valence-corrected chi connectivity index (χ1v) is 10.9. The summed E-state index contributed by atoms with van der Waals surface area (Å²) in [4.78, 5) is 5.61. The summed E-state index contributed by atoms with van der Waals surface area (Å²) < 4.78 is 0. The molecule has 0 bridgehead atoms. The van der Waals surface area contributed by atoms with Crippen molar-refractivity contribution in [1.29, 1.82) is 0 Å². The summed E-state index contributed by atoms with van der Waals surface area (Å²) in [6.45, 7) is 16.6. The smallest absolute Gasteiger partial charge is 0.0738 e. The van der Waals surface area contributed by atoms with Crippen LogP contribution in [0.4, 0.5) is 0 Å². The fraction of sp³-hybridized carbons (Fsp3) is 0.895. The van der Waals surface area contributed by atoms with Crippen molar-refractivity contribution in [3.8, 4) is 0 Å². The largest absolute Gasteiger partial charge is 0.285 e. The average Bonchev–Trinajstić information content (AvgIpc) is 2.52. The predicted molar refractivity (Wildman–Crippen MR) is 106 cm³/mol. The summed E-state index contributed by atoms with van der Waals surface area (Å²) in [5.74, 6) is 0. The molecule has 0 aliphatic rings. The molecule has 0 heterocycles. The predicted octanol–water partition coefficient (Wildman–Crippen LogP) is 4.00. The first kappa shape index (κ1) is 21.9. The van der Waals surface area contributed by atoms with Gasteiger partial charge in [0, 0.05) is 10.2 Å². The van der Waals surface area contributed by atoms with Gasteiger partial charge in [-0.05, 0) is 71.1 Å². The van der Waals surface area contributed by atoms with Gasteiger partial charge in [0.05, 0.1) is 5.66 Å². The second kappa shape index (κ2) is 13.3. The number of allylic oxidation sites excluding steroid dienone is 1. The fourth-order valence-corrected chi connectivity index (χ4v) is 4.09. The Balaban J connectivity index is 5.50. The Kier molecular flexibility index (Phi) is 13.3. The van der Waals surface area contributed by atoms with Gasteiger partial charge in [0.25, 0.3) is 0 Å². The summed E-state index contributed by atoms with van der Waals surface area (Å²) in [6, 6.07) is 0. The number of hydrogen-bond donors (Lipinski definition) is 0. The third-order valence-corrected chi connectivity index (χ3v) is 5.14. The highest BCUT2D eigenvalue weighted by Crippen LogP contribution is 2.31. The Morgan fingerprint density at radius 3 is 1.45 bits per heavy atom. The van der Waals surface area contributed by atoms with Gasteiger partial charge in [-0.25, -0.2) is 0 Å². The first-order valence-electron chi connectivity index (χ1n) is 9.77. The summed E-state index contributed by atoms with van der Waals surface area (Å²) in [5.41, 5.74) is 2.60. The van der Waals surface area contributed by atoms with Gasteiger partial charge in [-0.2, -0.15) is 0 Å². The molecule has 2 nitrogen and oxygen atoms in total. The molecule has 0 fully saturated rings. The van der Waals surface area contributed by atoms with Crippen LogP contribution < -0.4 is 0 Å². The van der Waals surface area contributed by atoms with Crippen molar-refractivity contribution in [2.45, 2.75) is 85.2 Å². The van der Waals surface area contributed by atoms with Crippen LogP contribution in [0.2, 0.25) is 0 Å². The van der Waals surface area contributed by atoms with Gasteiger partial charge >= 0.3 is 0 Å². The van der Waals surface area contributed by atoms with E-state index in [0.29, 0.717) is 0 Å². The molecule has 0 saturated heterocycles. The molecule has 0 aromatic rings. The molecule has 0 atom stereocenters. The van der Waals surface area contributed by atoms with Crippen LogP contribution >= 0.6 is 0 Å². The third-order valence-electron chi connectivity index (χ3n) is 4.66. The molecule has 0 N–H and O–H groups in total. The van der Waals surface area contributed by atoms with Crippen LogP contribution in [0.3, 0.4) is 0 Å². The van der Waals surface area contributed by atoms with Crippen LogP contribution in [-0.2, 0) is 0 Å². The van der Waals surface area contributed by atoms with Crippen molar-refractivity contribution < 1.29 is 0 Å². The molecule has 0 spiro atoms. The Labute approximate surface area is 143 Å². The minimum atomic E-state index is 0.263. The Hall–Kier alpha value is -0.123. The molecule has 0 aromatic heterocycles. The zero-order valence-electron chi connectivity index (χ0n) is 16.3. The lowest BCUT2D eigenvalue weighted by atomic mass is 9.94. The standard InChI is InChI=1S/C19H42N2Si/c1-6-14-20(15-7-2)19(10-5,13-11-12-18-22)21(16-8-3)17-9-4/h12,18H,6-11,13-17H2,1-5,22H3/b18-12-. The zero-order chi connectivity index (χ0) is 16.8. The van der Waals surface area contributed by atoms with E-state index in [-0.39, 0.29) is 5.66 Å². The van der Waals surface area contributed by atoms with Gasteiger partial charge in [-0.1, -0.05) is 40.7 Å². The molecule has 132 valence electrons. The van der Waals surface area contributed by atoms with Crippen molar-refractivity contribution in [2.75, 3.05) is 26.2 Å². The molecule has 22 heavy (non-hydrogen) atoms. The summed E-state index contributed by atoms with van der Waals surface area (Å²) in [7, 11) is 1.18. The second-order valence-corrected chi connectivity index (χ2v) is 7.08. The van der Waals surface area contributed by atoms with E-state index < -0.39 is 0 Å². The van der Waals surface area contributed by atoms with Gasteiger partial charge in [0.1, 0.15) is 0 Å². The minimum Gasteiger partial charge on any atom is -0.285 e. The SMILES string of the molecule is CCCN(CCC)C(CC)(CC/C=C\[SiH3])N(CCC)CCC. The van der Waals surface area contributed by atoms with E-state index in [1.807, 2.05) is 0 Å². The maximum absolute atomic E-state index is 2.80. The summed E-state index contributed by atoms with van der Waals surface area (Å²) in [6.07, 6.45) is 11.2. The first-order chi connectivity index (χ1) is 10.7. The van der Waals surface area contributed by atoms with E-state index in [1.54, 1.807) is 0 Å². The van der Waals surface area contributed by atoms with Crippen LogP contribution in [0.1, 0.15) is 79.6 Å². The highest BCUT2D eigenvalue weighted by atomic mass is 28.1. The summed E-state index contributed by atoms with van der Waals surface area (Å²) in [5, 5.41) is 0. The van der Waals surface area contributed by atoms with Gasteiger partial charge in [-0.15, -0.1) is 5.70 Å². The lowest BCUT2D eigenvalue weighted by molar-refractivity contribution is -0.0701. The topological polar surface area (TPSA) is 6.48 Å². The Bertz CT molecular complexity index is 251. The highest BCUT2D eigenvalue weighted by Gasteiger charge is 2.38. The maximum atomic E-state index is 2.80.